The summed E-state index contributed by atoms with van der Waals surface area (Å²) in [7, 11) is 0. The van der Waals surface area contributed by atoms with Crippen molar-refractivity contribution in [3.05, 3.63) is 35.9 Å². The molecule has 2 aromatic heterocycles. The van der Waals surface area contributed by atoms with Gasteiger partial charge in [-0.05, 0) is 25.0 Å². The summed E-state index contributed by atoms with van der Waals surface area (Å²) in [4.78, 5) is 28.3. The standard InChI is InChI=1S/C14H14N4O3/c19-13(16-18-7-8-21-14(18)20)11-10-3-1-2-6-17(10)12(15-11)9-4-5-9/h1-3,6,9H,4-5,7-8H2,(H,16,19). The van der Waals surface area contributed by atoms with E-state index in [0.29, 0.717) is 18.2 Å². The molecule has 2 fully saturated rings. The normalized spacial score (nSPS) is 18.1. The number of hydrogen-bond donors (Lipinski definition) is 1. The van der Waals surface area contributed by atoms with Crippen LogP contribution in [0.25, 0.3) is 5.52 Å². The number of carbonyl (C=O) groups excluding carboxylic acids is 2. The molecule has 1 aliphatic heterocycles. The van der Waals surface area contributed by atoms with Gasteiger partial charge in [-0.15, -0.1) is 0 Å². The molecule has 7 nitrogen and oxygen atoms in total. The Labute approximate surface area is 120 Å². The van der Waals surface area contributed by atoms with Crippen molar-refractivity contribution in [2.45, 2.75) is 18.8 Å². The van der Waals surface area contributed by atoms with Crippen LogP contribution in [0.5, 0.6) is 0 Å². The van der Waals surface area contributed by atoms with Crippen LogP contribution in [0.4, 0.5) is 4.79 Å². The van der Waals surface area contributed by atoms with Gasteiger partial charge in [0.15, 0.2) is 5.69 Å². The summed E-state index contributed by atoms with van der Waals surface area (Å²) in [5, 5.41) is 1.17. The lowest BCUT2D eigenvalue weighted by atomic mass is 10.3. The summed E-state index contributed by atoms with van der Waals surface area (Å²) >= 11 is 0. The first kappa shape index (κ1) is 12.2. The van der Waals surface area contributed by atoms with Crippen LogP contribution in [0.15, 0.2) is 24.4 Å². The molecule has 21 heavy (non-hydrogen) atoms. The van der Waals surface area contributed by atoms with E-state index in [4.69, 9.17) is 4.74 Å². The Morgan fingerprint density at radius 3 is 2.95 bits per heavy atom. The Hall–Kier alpha value is -2.57. The maximum atomic E-state index is 12.4. The quantitative estimate of drug-likeness (QED) is 0.923. The monoisotopic (exact) mass is 286 g/mol. The third kappa shape index (κ3) is 2.01. The van der Waals surface area contributed by atoms with E-state index in [-0.39, 0.29) is 12.5 Å². The minimum absolute atomic E-state index is 0.288. The van der Waals surface area contributed by atoms with E-state index in [1.807, 2.05) is 28.8 Å². The van der Waals surface area contributed by atoms with Crippen molar-refractivity contribution in [2.24, 2.45) is 0 Å². The van der Waals surface area contributed by atoms with Gasteiger partial charge in [0.25, 0.3) is 5.91 Å². The number of hydrogen-bond acceptors (Lipinski definition) is 4. The fourth-order valence-electron chi connectivity index (χ4n) is 2.53. The van der Waals surface area contributed by atoms with Crippen molar-refractivity contribution in [1.82, 2.24) is 19.8 Å². The second-order valence-corrected chi connectivity index (χ2v) is 5.26. The Bertz CT molecular complexity index is 735. The number of nitrogens with zero attached hydrogens (tertiary/aromatic N) is 3. The molecule has 1 saturated carbocycles. The number of amides is 2. The highest BCUT2D eigenvalue weighted by Crippen LogP contribution is 2.39. The Morgan fingerprint density at radius 2 is 2.24 bits per heavy atom. The zero-order valence-corrected chi connectivity index (χ0v) is 11.3. The smallest absolute Gasteiger partial charge is 0.428 e. The average molecular weight is 286 g/mol. The molecule has 2 aromatic rings. The number of rotatable bonds is 3. The summed E-state index contributed by atoms with van der Waals surface area (Å²) in [5.41, 5.74) is 3.65. The molecule has 4 rings (SSSR count). The first-order valence-corrected chi connectivity index (χ1v) is 6.96. The van der Waals surface area contributed by atoms with Gasteiger partial charge in [0.1, 0.15) is 12.4 Å². The van der Waals surface area contributed by atoms with Crippen LogP contribution < -0.4 is 5.43 Å². The van der Waals surface area contributed by atoms with Gasteiger partial charge in [0.05, 0.1) is 12.1 Å². The maximum Gasteiger partial charge on any atom is 0.428 e. The zero-order chi connectivity index (χ0) is 14.4. The first-order valence-electron chi connectivity index (χ1n) is 6.96. The highest BCUT2D eigenvalue weighted by Gasteiger charge is 2.31. The van der Waals surface area contributed by atoms with Gasteiger partial charge in [-0.1, -0.05) is 6.07 Å². The van der Waals surface area contributed by atoms with Crippen LogP contribution >= 0.6 is 0 Å². The van der Waals surface area contributed by atoms with Gasteiger partial charge in [0, 0.05) is 12.1 Å². The predicted molar refractivity (Wildman–Crippen MR) is 72.7 cm³/mol. The summed E-state index contributed by atoms with van der Waals surface area (Å²) in [5.74, 6) is 0.961. The van der Waals surface area contributed by atoms with Crippen molar-refractivity contribution < 1.29 is 14.3 Å². The molecule has 1 aliphatic carbocycles. The van der Waals surface area contributed by atoms with E-state index in [9.17, 15) is 9.59 Å². The van der Waals surface area contributed by atoms with Crippen molar-refractivity contribution >= 4 is 17.5 Å². The number of ether oxygens (including phenoxy) is 1. The zero-order valence-electron chi connectivity index (χ0n) is 11.3. The third-order valence-corrected chi connectivity index (χ3v) is 3.73. The van der Waals surface area contributed by atoms with Crippen molar-refractivity contribution in [3.63, 3.8) is 0 Å². The summed E-state index contributed by atoms with van der Waals surface area (Å²) in [6.45, 7) is 0.641. The van der Waals surface area contributed by atoms with Crippen LogP contribution in [-0.4, -0.2) is 39.5 Å². The fourth-order valence-corrected chi connectivity index (χ4v) is 2.53. The Morgan fingerprint density at radius 1 is 1.38 bits per heavy atom. The number of cyclic esters (lactones) is 1. The van der Waals surface area contributed by atoms with Crippen molar-refractivity contribution in [3.8, 4) is 0 Å². The Kier molecular flexibility index (Phi) is 2.60. The third-order valence-electron chi connectivity index (χ3n) is 3.73. The molecule has 2 aliphatic rings. The maximum absolute atomic E-state index is 12.4. The summed E-state index contributed by atoms with van der Waals surface area (Å²) < 4.78 is 6.74. The second kappa shape index (κ2) is 4.47. The minimum Gasteiger partial charge on any atom is -0.446 e. The molecule has 7 heteroatoms. The molecule has 2 amide bonds. The van der Waals surface area contributed by atoms with E-state index in [1.54, 1.807) is 0 Å². The lowest BCUT2D eigenvalue weighted by Crippen LogP contribution is -2.42. The molecule has 108 valence electrons. The molecule has 0 atom stereocenters. The number of hydrazine groups is 1. The first-order chi connectivity index (χ1) is 10.2. The number of aromatic nitrogens is 2. The average Bonchev–Trinajstić information content (AvgIpc) is 3.15. The molecule has 1 saturated heterocycles. The largest absolute Gasteiger partial charge is 0.446 e. The number of carbonyl (C=O) groups is 2. The lowest BCUT2D eigenvalue weighted by molar-refractivity contribution is 0.0828. The number of nitrogens with one attached hydrogen (secondary N) is 1. The molecule has 0 aromatic carbocycles. The van der Waals surface area contributed by atoms with Crippen LogP contribution in [0, 0.1) is 0 Å². The van der Waals surface area contributed by atoms with Gasteiger partial charge < -0.3 is 9.14 Å². The molecular formula is C14H14N4O3. The van der Waals surface area contributed by atoms with Crippen LogP contribution in [0.2, 0.25) is 0 Å². The molecule has 0 unspecified atom stereocenters. The minimum atomic E-state index is -0.533. The van der Waals surface area contributed by atoms with Crippen molar-refractivity contribution in [1.29, 1.82) is 0 Å². The Balaban J connectivity index is 1.69. The number of imidazole rings is 1. The number of fused-ring (bicyclic) bond motifs is 1. The van der Waals surface area contributed by atoms with Crippen LogP contribution in [-0.2, 0) is 4.74 Å². The molecule has 3 heterocycles. The summed E-state index contributed by atoms with van der Waals surface area (Å²) in [6.07, 6.45) is 3.59. The van der Waals surface area contributed by atoms with Crippen LogP contribution in [0.3, 0.4) is 0 Å². The van der Waals surface area contributed by atoms with Crippen molar-refractivity contribution in [2.75, 3.05) is 13.2 Å². The SMILES string of the molecule is O=C(NN1CCOC1=O)c1nc(C2CC2)n2ccccc12. The topological polar surface area (TPSA) is 75.9 Å². The lowest BCUT2D eigenvalue weighted by Gasteiger charge is -2.12. The second-order valence-electron chi connectivity index (χ2n) is 5.26. The number of pyridine rings is 1. The molecule has 1 N–H and O–H groups in total. The van der Waals surface area contributed by atoms with Gasteiger partial charge in [-0.25, -0.2) is 14.8 Å². The van der Waals surface area contributed by atoms with E-state index < -0.39 is 6.09 Å². The highest BCUT2D eigenvalue weighted by atomic mass is 16.6. The molecule has 0 spiro atoms. The van der Waals surface area contributed by atoms with Gasteiger partial charge in [-0.2, -0.15) is 0 Å². The van der Waals surface area contributed by atoms with E-state index in [2.05, 4.69) is 10.4 Å². The van der Waals surface area contributed by atoms with E-state index in [1.165, 1.54) is 5.01 Å². The summed E-state index contributed by atoms with van der Waals surface area (Å²) in [6, 6.07) is 5.64. The molecule has 0 radical (unpaired) electrons. The van der Waals surface area contributed by atoms with E-state index in [0.717, 1.165) is 24.2 Å². The van der Waals surface area contributed by atoms with Crippen LogP contribution in [0.1, 0.15) is 35.1 Å². The van der Waals surface area contributed by atoms with Gasteiger partial charge in [-0.3, -0.25) is 10.2 Å². The highest BCUT2D eigenvalue weighted by molar-refractivity contribution is 5.99. The molecule has 0 bridgehead atoms. The fraction of sp³-hybridized carbons (Fsp3) is 0.357. The predicted octanol–water partition coefficient (Wildman–Crippen LogP) is 1.31. The van der Waals surface area contributed by atoms with Gasteiger partial charge in [0.2, 0.25) is 0 Å². The molecular weight excluding hydrogens is 272 g/mol. The van der Waals surface area contributed by atoms with E-state index >= 15 is 0 Å². The van der Waals surface area contributed by atoms with Gasteiger partial charge >= 0.3 is 6.09 Å².